The largest absolute Gasteiger partial charge is 0.0622 e. The lowest BCUT2D eigenvalue weighted by atomic mass is 9.99. The molecule has 3 aromatic carbocycles. The van der Waals surface area contributed by atoms with Crippen LogP contribution < -0.4 is 0 Å². The summed E-state index contributed by atoms with van der Waals surface area (Å²) in [4.78, 5) is 0. The van der Waals surface area contributed by atoms with Gasteiger partial charge in [0.05, 0.1) is 0 Å². The smallest absolute Gasteiger partial charge is 0.0260 e. The zero-order valence-corrected chi connectivity index (χ0v) is 15.5. The Labute approximate surface area is 148 Å². The Balaban J connectivity index is 2.05. The van der Waals surface area contributed by atoms with Crippen molar-refractivity contribution in [2.75, 3.05) is 0 Å². The molecule has 2 heteroatoms. The summed E-state index contributed by atoms with van der Waals surface area (Å²) in [7, 11) is 0. The van der Waals surface area contributed by atoms with E-state index >= 15 is 0 Å². The van der Waals surface area contributed by atoms with Gasteiger partial charge in [0.2, 0.25) is 0 Å². The van der Waals surface area contributed by atoms with Crippen molar-refractivity contribution in [3.05, 3.63) is 81.2 Å². The van der Waals surface area contributed by atoms with Gasteiger partial charge in [-0.2, -0.15) is 0 Å². The van der Waals surface area contributed by atoms with E-state index in [1.165, 1.54) is 27.8 Å². The van der Waals surface area contributed by atoms with Gasteiger partial charge in [0.25, 0.3) is 0 Å². The van der Waals surface area contributed by atoms with Crippen molar-refractivity contribution in [3.63, 3.8) is 0 Å². The van der Waals surface area contributed by atoms with Crippen molar-refractivity contribution in [2.45, 2.75) is 13.3 Å². The van der Waals surface area contributed by atoms with E-state index in [0.29, 0.717) is 0 Å². The number of hydrogen-bond acceptors (Lipinski definition) is 0. The van der Waals surface area contributed by atoms with Gasteiger partial charge in [-0.1, -0.05) is 93.4 Å². The van der Waals surface area contributed by atoms with Crippen molar-refractivity contribution in [2.24, 2.45) is 0 Å². The maximum atomic E-state index is 3.73. The van der Waals surface area contributed by atoms with Gasteiger partial charge < -0.3 is 0 Å². The molecule has 110 valence electrons. The van der Waals surface area contributed by atoms with Crippen LogP contribution in [0.25, 0.3) is 22.3 Å². The molecule has 0 amide bonds. The summed E-state index contributed by atoms with van der Waals surface area (Å²) in [5.41, 5.74) is 6.20. The Morgan fingerprint density at radius 3 is 1.68 bits per heavy atom. The first-order valence-electron chi connectivity index (χ1n) is 7.33. The lowest BCUT2D eigenvalue weighted by Crippen LogP contribution is -1.86. The van der Waals surface area contributed by atoms with Crippen molar-refractivity contribution in [1.82, 2.24) is 0 Å². The Morgan fingerprint density at radius 2 is 1.18 bits per heavy atom. The predicted molar refractivity (Wildman–Crippen MR) is 102 cm³/mol. The fraction of sp³-hybridized carbons (Fsp3) is 0.100. The first-order valence-corrected chi connectivity index (χ1v) is 8.91. The molecule has 0 aliphatic rings. The lowest BCUT2D eigenvalue weighted by molar-refractivity contribution is 1.14. The van der Waals surface area contributed by atoms with Crippen LogP contribution in [0.1, 0.15) is 12.5 Å². The van der Waals surface area contributed by atoms with Crippen LogP contribution >= 0.6 is 31.9 Å². The van der Waals surface area contributed by atoms with Crippen LogP contribution in [0, 0.1) is 0 Å². The number of aryl methyl sites for hydroxylation is 1. The summed E-state index contributed by atoms with van der Waals surface area (Å²) < 4.78 is 2.22. The van der Waals surface area contributed by atoms with E-state index in [0.717, 1.165) is 15.4 Å². The average molecular weight is 416 g/mol. The number of rotatable bonds is 3. The highest BCUT2D eigenvalue weighted by molar-refractivity contribution is 9.11. The lowest BCUT2D eigenvalue weighted by Gasteiger charge is -2.11. The number of benzene rings is 3. The molecule has 3 aromatic rings. The van der Waals surface area contributed by atoms with E-state index in [-0.39, 0.29) is 0 Å². The minimum absolute atomic E-state index is 1.07. The van der Waals surface area contributed by atoms with E-state index in [1.54, 1.807) is 0 Å². The molecule has 0 aliphatic heterocycles. The predicted octanol–water partition coefficient (Wildman–Crippen LogP) is 7.11. The van der Waals surface area contributed by atoms with Gasteiger partial charge in [0.1, 0.15) is 0 Å². The Morgan fingerprint density at radius 1 is 0.682 bits per heavy atom. The first-order chi connectivity index (χ1) is 10.7. The third-order valence-corrected chi connectivity index (χ3v) is 5.13. The normalized spacial score (nSPS) is 10.7. The molecule has 0 aromatic heterocycles. The Kier molecular flexibility index (Phi) is 4.80. The molecule has 3 rings (SSSR count). The molecule has 0 aliphatic carbocycles. The molecular weight excluding hydrogens is 400 g/mol. The van der Waals surface area contributed by atoms with Crippen molar-refractivity contribution < 1.29 is 0 Å². The van der Waals surface area contributed by atoms with Crippen LogP contribution in [0.3, 0.4) is 0 Å². The van der Waals surface area contributed by atoms with Gasteiger partial charge in [-0.3, -0.25) is 0 Å². The summed E-state index contributed by atoms with van der Waals surface area (Å²) in [6, 6.07) is 23.6. The number of halogens is 2. The van der Waals surface area contributed by atoms with E-state index in [1.807, 2.05) is 6.07 Å². The molecule has 0 heterocycles. The van der Waals surface area contributed by atoms with Gasteiger partial charge >= 0.3 is 0 Å². The fourth-order valence-electron chi connectivity index (χ4n) is 2.53. The summed E-state index contributed by atoms with van der Waals surface area (Å²) in [5, 5.41) is 0. The molecular formula is C20H16Br2. The van der Waals surface area contributed by atoms with Crippen LogP contribution in [-0.4, -0.2) is 0 Å². The monoisotopic (exact) mass is 414 g/mol. The van der Waals surface area contributed by atoms with Crippen molar-refractivity contribution >= 4 is 31.9 Å². The molecule has 0 bridgehead atoms. The topological polar surface area (TPSA) is 0 Å². The van der Waals surface area contributed by atoms with E-state index in [9.17, 15) is 0 Å². The molecule has 0 nitrogen and oxygen atoms in total. The summed E-state index contributed by atoms with van der Waals surface area (Å²) in [6.45, 7) is 2.18. The standard InChI is InChI=1S/C20H16Br2/c1-2-14-8-10-16(11-9-14)18-13-19(21)17(12-20(18)22)15-6-4-3-5-7-15/h3-13H,2H2,1H3. The van der Waals surface area contributed by atoms with Crippen LogP contribution in [0.5, 0.6) is 0 Å². The molecule has 0 radical (unpaired) electrons. The molecule has 0 spiro atoms. The minimum atomic E-state index is 1.07. The van der Waals surface area contributed by atoms with Gasteiger partial charge in [0.15, 0.2) is 0 Å². The maximum Gasteiger partial charge on any atom is 0.0260 e. The molecule has 0 saturated carbocycles. The second-order valence-corrected chi connectivity index (χ2v) is 6.94. The van der Waals surface area contributed by atoms with Crippen LogP contribution in [0.4, 0.5) is 0 Å². The molecule has 0 unspecified atom stereocenters. The summed E-state index contributed by atoms with van der Waals surface area (Å²) in [5.74, 6) is 0. The molecule has 0 saturated heterocycles. The van der Waals surface area contributed by atoms with E-state index in [4.69, 9.17) is 0 Å². The van der Waals surface area contributed by atoms with Gasteiger partial charge in [0, 0.05) is 8.95 Å². The van der Waals surface area contributed by atoms with Crippen LogP contribution in [0.2, 0.25) is 0 Å². The third kappa shape index (κ3) is 3.18. The highest BCUT2D eigenvalue weighted by Gasteiger charge is 2.10. The second-order valence-electron chi connectivity index (χ2n) is 5.23. The third-order valence-electron chi connectivity index (χ3n) is 3.81. The van der Waals surface area contributed by atoms with Crippen LogP contribution in [-0.2, 0) is 6.42 Å². The summed E-state index contributed by atoms with van der Waals surface area (Å²) >= 11 is 7.45. The van der Waals surface area contributed by atoms with Gasteiger partial charge in [-0.15, -0.1) is 0 Å². The van der Waals surface area contributed by atoms with E-state index < -0.39 is 0 Å². The zero-order valence-electron chi connectivity index (χ0n) is 12.3. The zero-order chi connectivity index (χ0) is 15.5. The maximum absolute atomic E-state index is 3.73. The van der Waals surface area contributed by atoms with Crippen LogP contribution in [0.15, 0.2) is 75.7 Å². The Hall–Kier alpha value is -1.38. The quantitative estimate of drug-likeness (QED) is 0.427. The molecule has 0 N–H and O–H groups in total. The second kappa shape index (κ2) is 6.80. The highest BCUT2D eigenvalue weighted by Crippen LogP contribution is 2.38. The Bertz CT molecular complexity index is 775. The first kappa shape index (κ1) is 15.5. The average Bonchev–Trinajstić information content (AvgIpc) is 2.57. The molecule has 22 heavy (non-hydrogen) atoms. The highest BCUT2D eigenvalue weighted by atomic mass is 79.9. The van der Waals surface area contributed by atoms with Gasteiger partial charge in [-0.05, 0) is 46.4 Å². The van der Waals surface area contributed by atoms with E-state index in [2.05, 4.69) is 99.4 Å². The number of hydrogen-bond donors (Lipinski definition) is 0. The fourth-order valence-corrected chi connectivity index (χ4v) is 3.67. The molecule has 0 atom stereocenters. The van der Waals surface area contributed by atoms with Crippen molar-refractivity contribution in [3.8, 4) is 22.3 Å². The van der Waals surface area contributed by atoms with Gasteiger partial charge in [-0.25, -0.2) is 0 Å². The van der Waals surface area contributed by atoms with Crippen molar-refractivity contribution in [1.29, 1.82) is 0 Å². The molecule has 0 fully saturated rings. The minimum Gasteiger partial charge on any atom is -0.0622 e. The SMILES string of the molecule is CCc1ccc(-c2cc(Br)c(-c3ccccc3)cc2Br)cc1. The summed E-state index contributed by atoms with van der Waals surface area (Å²) in [6.07, 6.45) is 1.07.